The first kappa shape index (κ1) is 21.9. The first-order chi connectivity index (χ1) is 14.2. The fraction of sp³-hybridized carbons (Fsp3) is 0.478. The lowest BCUT2D eigenvalue weighted by Crippen LogP contribution is -2.45. The van der Waals surface area contributed by atoms with Gasteiger partial charge in [0.15, 0.2) is 11.5 Å². The summed E-state index contributed by atoms with van der Waals surface area (Å²) >= 11 is 6.55. The van der Waals surface area contributed by atoms with Gasteiger partial charge in [-0.25, -0.2) is 0 Å². The van der Waals surface area contributed by atoms with Crippen LogP contribution in [0.25, 0.3) is 0 Å². The molecule has 1 aliphatic rings. The summed E-state index contributed by atoms with van der Waals surface area (Å²) in [6.45, 7) is 12.2. The fourth-order valence-electron chi connectivity index (χ4n) is 3.49. The molecular weight excluding hydrogens is 386 g/mol. The van der Waals surface area contributed by atoms with Crippen molar-refractivity contribution in [3.63, 3.8) is 0 Å². The van der Waals surface area contributed by atoms with E-state index in [0.717, 1.165) is 56.9 Å². The summed E-state index contributed by atoms with van der Waals surface area (Å²) in [5.74, 6) is 1.31. The van der Waals surface area contributed by atoms with Gasteiger partial charge in [0.25, 0.3) is 0 Å². The summed E-state index contributed by atoms with van der Waals surface area (Å²) in [6, 6.07) is 12.3. The molecule has 0 unspecified atom stereocenters. The molecule has 1 aliphatic heterocycles. The molecule has 0 radical (unpaired) electrons. The zero-order valence-electron chi connectivity index (χ0n) is 17.5. The van der Waals surface area contributed by atoms with Crippen LogP contribution in [0.3, 0.4) is 0 Å². The van der Waals surface area contributed by atoms with Gasteiger partial charge in [0.05, 0.1) is 11.6 Å². The van der Waals surface area contributed by atoms with Crippen LogP contribution in [0.2, 0.25) is 5.02 Å². The van der Waals surface area contributed by atoms with E-state index >= 15 is 0 Å². The van der Waals surface area contributed by atoms with E-state index in [0.29, 0.717) is 29.7 Å². The highest BCUT2D eigenvalue weighted by atomic mass is 35.5. The number of nitrogens with one attached hydrogen (secondary N) is 2. The molecule has 1 heterocycles. The van der Waals surface area contributed by atoms with E-state index in [2.05, 4.69) is 40.7 Å². The Balaban J connectivity index is 1.57. The Bertz CT molecular complexity index is 779. The second-order valence-electron chi connectivity index (χ2n) is 7.38. The second-order valence-corrected chi connectivity index (χ2v) is 7.79. The van der Waals surface area contributed by atoms with Crippen LogP contribution in [-0.4, -0.2) is 50.8 Å². The van der Waals surface area contributed by atoms with Crippen LogP contribution in [-0.2, 0) is 13.2 Å². The van der Waals surface area contributed by atoms with Gasteiger partial charge in [-0.15, -0.1) is 0 Å². The highest BCUT2D eigenvalue weighted by Gasteiger charge is 2.13. The normalized spacial score (nSPS) is 14.7. The number of ether oxygens (including phenoxy) is 2. The summed E-state index contributed by atoms with van der Waals surface area (Å²) in [5, 5.41) is 7.48. The van der Waals surface area contributed by atoms with Crippen molar-refractivity contribution in [2.75, 3.05) is 45.9 Å². The summed E-state index contributed by atoms with van der Waals surface area (Å²) < 4.78 is 11.9. The van der Waals surface area contributed by atoms with Crippen molar-refractivity contribution in [2.45, 2.75) is 27.0 Å². The predicted molar refractivity (Wildman–Crippen MR) is 119 cm³/mol. The fourth-order valence-corrected chi connectivity index (χ4v) is 3.78. The lowest BCUT2D eigenvalue weighted by atomic mass is 10.1. The molecule has 1 fully saturated rings. The zero-order chi connectivity index (χ0) is 20.5. The van der Waals surface area contributed by atoms with Gasteiger partial charge in [-0.05, 0) is 37.1 Å². The smallest absolute Gasteiger partial charge is 0.180 e. The molecule has 2 aromatic carbocycles. The third kappa shape index (κ3) is 6.89. The molecule has 3 rings (SSSR count). The van der Waals surface area contributed by atoms with E-state index in [9.17, 15) is 0 Å². The van der Waals surface area contributed by atoms with Crippen molar-refractivity contribution in [3.8, 4) is 11.5 Å². The lowest BCUT2D eigenvalue weighted by molar-refractivity contribution is 0.241. The van der Waals surface area contributed by atoms with Crippen molar-refractivity contribution in [2.24, 2.45) is 0 Å². The minimum Gasteiger partial charge on any atom is -0.490 e. The number of halogens is 1. The van der Waals surface area contributed by atoms with E-state index in [1.165, 1.54) is 5.56 Å². The topological polar surface area (TPSA) is 45.8 Å². The molecule has 1 saturated heterocycles. The van der Waals surface area contributed by atoms with Crippen LogP contribution < -0.4 is 20.1 Å². The van der Waals surface area contributed by atoms with E-state index in [4.69, 9.17) is 21.1 Å². The number of nitrogens with zero attached hydrogens (tertiary/aromatic N) is 1. The van der Waals surface area contributed by atoms with Crippen molar-refractivity contribution < 1.29 is 9.47 Å². The largest absolute Gasteiger partial charge is 0.490 e. The van der Waals surface area contributed by atoms with Gasteiger partial charge in [0.2, 0.25) is 0 Å². The van der Waals surface area contributed by atoms with Crippen molar-refractivity contribution in [1.82, 2.24) is 15.5 Å². The first-order valence-electron chi connectivity index (χ1n) is 10.4. The Hall–Kier alpha value is -1.79. The zero-order valence-corrected chi connectivity index (χ0v) is 18.2. The molecule has 0 amide bonds. The maximum absolute atomic E-state index is 6.55. The van der Waals surface area contributed by atoms with Crippen molar-refractivity contribution >= 4 is 11.6 Å². The highest BCUT2D eigenvalue weighted by Crippen LogP contribution is 2.37. The molecule has 29 heavy (non-hydrogen) atoms. The average molecular weight is 418 g/mol. The van der Waals surface area contributed by atoms with Crippen LogP contribution in [0, 0.1) is 6.92 Å². The third-order valence-corrected chi connectivity index (χ3v) is 5.26. The molecular formula is C23H32ClN3O2. The molecule has 0 atom stereocenters. The predicted octanol–water partition coefficient (Wildman–Crippen LogP) is 3.62. The number of hydrogen-bond acceptors (Lipinski definition) is 5. The minimum atomic E-state index is 0.462. The average Bonchev–Trinajstić information content (AvgIpc) is 2.72. The van der Waals surface area contributed by atoms with Gasteiger partial charge in [-0.1, -0.05) is 41.4 Å². The summed E-state index contributed by atoms with van der Waals surface area (Å²) in [4.78, 5) is 2.48. The number of piperazine rings is 1. The number of benzene rings is 2. The third-order valence-electron chi connectivity index (χ3n) is 4.98. The Morgan fingerprint density at radius 3 is 2.69 bits per heavy atom. The Labute approximate surface area is 179 Å². The SMILES string of the molecule is CCOc1cc(CNCCN2CCNCC2)cc(Cl)c1OCc1cccc(C)c1. The molecule has 5 nitrogen and oxygen atoms in total. The van der Waals surface area contributed by atoms with Crippen molar-refractivity contribution in [1.29, 1.82) is 0 Å². The van der Waals surface area contributed by atoms with Crippen molar-refractivity contribution in [3.05, 3.63) is 58.1 Å². The first-order valence-corrected chi connectivity index (χ1v) is 10.8. The summed E-state index contributed by atoms with van der Waals surface area (Å²) in [6.07, 6.45) is 0. The van der Waals surface area contributed by atoms with E-state index in [1.54, 1.807) is 0 Å². The molecule has 2 N–H and O–H groups in total. The molecule has 6 heteroatoms. The summed E-state index contributed by atoms with van der Waals surface area (Å²) in [7, 11) is 0. The minimum absolute atomic E-state index is 0.462. The molecule has 158 valence electrons. The number of hydrogen-bond donors (Lipinski definition) is 2. The van der Waals surface area contributed by atoms with Crippen LogP contribution in [0.4, 0.5) is 0 Å². The Kier molecular flexibility index (Phi) is 8.62. The quantitative estimate of drug-likeness (QED) is 0.578. The molecule has 0 saturated carbocycles. The molecule has 0 aliphatic carbocycles. The molecule has 0 aromatic heterocycles. The van der Waals surface area contributed by atoms with E-state index in [-0.39, 0.29) is 0 Å². The summed E-state index contributed by atoms with van der Waals surface area (Å²) in [5.41, 5.74) is 3.42. The van der Waals surface area contributed by atoms with Gasteiger partial charge in [-0.3, -0.25) is 4.90 Å². The second kappa shape index (κ2) is 11.4. The van der Waals surface area contributed by atoms with Crippen LogP contribution in [0.1, 0.15) is 23.6 Å². The Morgan fingerprint density at radius 2 is 1.93 bits per heavy atom. The number of aryl methyl sites for hydroxylation is 1. The highest BCUT2D eigenvalue weighted by molar-refractivity contribution is 6.32. The lowest BCUT2D eigenvalue weighted by Gasteiger charge is -2.27. The van der Waals surface area contributed by atoms with Crippen LogP contribution in [0.15, 0.2) is 36.4 Å². The maximum Gasteiger partial charge on any atom is 0.180 e. The standard InChI is InChI=1S/C23H32ClN3O2/c1-3-28-22-15-20(16-26-9-12-27-10-7-25-8-11-27)14-21(24)23(22)29-17-19-6-4-5-18(2)13-19/h4-6,13-15,25-26H,3,7-12,16-17H2,1-2H3. The van der Waals surface area contributed by atoms with Gasteiger partial charge < -0.3 is 20.1 Å². The van der Waals surface area contributed by atoms with Crippen LogP contribution >= 0.6 is 11.6 Å². The molecule has 0 spiro atoms. The van der Waals surface area contributed by atoms with Gasteiger partial charge in [0.1, 0.15) is 6.61 Å². The van der Waals surface area contributed by atoms with E-state index < -0.39 is 0 Å². The maximum atomic E-state index is 6.55. The van der Waals surface area contributed by atoms with E-state index in [1.807, 2.05) is 25.1 Å². The number of rotatable bonds is 10. The molecule has 0 bridgehead atoms. The van der Waals surface area contributed by atoms with Gasteiger partial charge in [-0.2, -0.15) is 0 Å². The monoisotopic (exact) mass is 417 g/mol. The Morgan fingerprint density at radius 1 is 1.10 bits per heavy atom. The van der Waals surface area contributed by atoms with Crippen LogP contribution in [0.5, 0.6) is 11.5 Å². The van der Waals surface area contributed by atoms with Gasteiger partial charge >= 0.3 is 0 Å². The molecule has 2 aromatic rings. The van der Waals surface area contributed by atoms with Gasteiger partial charge in [0, 0.05) is 45.8 Å².